The number of hydrogen-bond acceptors (Lipinski definition) is 5. The van der Waals surface area contributed by atoms with Crippen LogP contribution in [0.3, 0.4) is 0 Å². The van der Waals surface area contributed by atoms with E-state index in [4.69, 9.17) is 5.73 Å². The van der Waals surface area contributed by atoms with Crippen molar-refractivity contribution in [2.45, 2.75) is 19.4 Å². The minimum absolute atomic E-state index is 0.127. The Morgan fingerprint density at radius 3 is 2.62 bits per heavy atom. The average Bonchev–Trinajstić information content (AvgIpc) is 2.59. The maximum Gasteiger partial charge on any atom is 0.149 e. The molecule has 0 spiro atoms. The highest BCUT2D eigenvalue weighted by molar-refractivity contribution is 5.63. The van der Waals surface area contributed by atoms with Gasteiger partial charge < -0.3 is 15.5 Å². The van der Waals surface area contributed by atoms with Gasteiger partial charge in [0, 0.05) is 33.3 Å². The molecule has 1 unspecified atom stereocenters. The zero-order chi connectivity index (χ0) is 11.9. The number of aromatic nitrogens is 2. The van der Waals surface area contributed by atoms with E-state index in [-0.39, 0.29) is 6.04 Å². The molecule has 2 N–H and O–H groups in total. The van der Waals surface area contributed by atoms with E-state index in [1.807, 2.05) is 25.9 Å². The summed E-state index contributed by atoms with van der Waals surface area (Å²) in [5.74, 6) is 2.75. The van der Waals surface area contributed by atoms with Crippen molar-refractivity contribution in [1.29, 1.82) is 0 Å². The molecule has 1 aliphatic heterocycles. The lowest BCUT2D eigenvalue weighted by Crippen LogP contribution is -2.19. The zero-order valence-electron chi connectivity index (χ0n) is 10.4. The summed E-state index contributed by atoms with van der Waals surface area (Å²) in [6.45, 7) is 2.92. The first-order valence-electron chi connectivity index (χ1n) is 5.55. The minimum Gasteiger partial charge on any atom is -0.362 e. The van der Waals surface area contributed by atoms with Gasteiger partial charge in [-0.2, -0.15) is 0 Å². The van der Waals surface area contributed by atoms with E-state index in [2.05, 4.69) is 21.9 Å². The molecule has 1 atom stereocenters. The van der Waals surface area contributed by atoms with Gasteiger partial charge in [-0.05, 0) is 13.3 Å². The fraction of sp³-hybridized carbons (Fsp3) is 0.636. The predicted molar refractivity (Wildman–Crippen MR) is 65.9 cm³/mol. The lowest BCUT2D eigenvalue weighted by Gasteiger charge is -2.19. The Morgan fingerprint density at radius 2 is 2.06 bits per heavy atom. The Balaban J connectivity index is 2.57. The van der Waals surface area contributed by atoms with Crippen LogP contribution in [0.2, 0.25) is 0 Å². The number of nitrogens with zero attached hydrogens (tertiary/aromatic N) is 4. The highest BCUT2D eigenvalue weighted by atomic mass is 15.2. The van der Waals surface area contributed by atoms with Gasteiger partial charge in [-0.15, -0.1) is 0 Å². The van der Waals surface area contributed by atoms with Crippen LogP contribution in [0.1, 0.15) is 24.4 Å². The standard InChI is InChI=1S/C11H19N5/c1-7(12)9-13-10(15(2)3)8-5-6-16(4)11(8)14-9/h7H,5-6,12H2,1-4H3. The molecule has 0 bridgehead atoms. The summed E-state index contributed by atoms with van der Waals surface area (Å²) in [4.78, 5) is 13.3. The Morgan fingerprint density at radius 1 is 1.38 bits per heavy atom. The lowest BCUT2D eigenvalue weighted by atomic mass is 10.2. The van der Waals surface area contributed by atoms with E-state index >= 15 is 0 Å². The molecule has 88 valence electrons. The van der Waals surface area contributed by atoms with Gasteiger partial charge in [-0.3, -0.25) is 0 Å². The van der Waals surface area contributed by atoms with E-state index in [9.17, 15) is 0 Å². The molecule has 2 rings (SSSR count). The quantitative estimate of drug-likeness (QED) is 0.790. The molecular formula is C11H19N5. The molecule has 16 heavy (non-hydrogen) atoms. The zero-order valence-corrected chi connectivity index (χ0v) is 10.4. The first-order chi connectivity index (χ1) is 7.50. The summed E-state index contributed by atoms with van der Waals surface area (Å²) in [7, 11) is 6.07. The second-order valence-corrected chi connectivity index (χ2v) is 4.56. The smallest absolute Gasteiger partial charge is 0.149 e. The molecule has 1 aliphatic rings. The number of hydrogen-bond donors (Lipinski definition) is 1. The summed E-state index contributed by atoms with van der Waals surface area (Å²) in [6, 6.07) is -0.127. The number of likely N-dealkylation sites (N-methyl/N-ethyl adjacent to an activating group) is 1. The van der Waals surface area contributed by atoms with Crippen molar-refractivity contribution < 1.29 is 0 Å². The third kappa shape index (κ3) is 1.71. The molecule has 0 fully saturated rings. The topological polar surface area (TPSA) is 58.3 Å². The SMILES string of the molecule is CC(N)c1nc(N(C)C)c2c(n1)N(C)CC2. The summed E-state index contributed by atoms with van der Waals surface area (Å²) >= 11 is 0. The summed E-state index contributed by atoms with van der Waals surface area (Å²) in [6.07, 6.45) is 1.01. The van der Waals surface area contributed by atoms with Crippen LogP contribution in [-0.4, -0.2) is 37.7 Å². The van der Waals surface area contributed by atoms with Crippen LogP contribution >= 0.6 is 0 Å². The van der Waals surface area contributed by atoms with Crippen molar-refractivity contribution in [3.63, 3.8) is 0 Å². The summed E-state index contributed by atoms with van der Waals surface area (Å²) in [5, 5.41) is 0. The number of rotatable bonds is 2. The van der Waals surface area contributed by atoms with E-state index in [1.54, 1.807) is 0 Å². The van der Waals surface area contributed by atoms with Gasteiger partial charge in [-0.25, -0.2) is 9.97 Å². The average molecular weight is 221 g/mol. The Kier molecular flexibility index (Phi) is 2.71. The molecule has 0 saturated carbocycles. The monoisotopic (exact) mass is 221 g/mol. The molecule has 0 aliphatic carbocycles. The molecular weight excluding hydrogens is 202 g/mol. The third-order valence-electron chi connectivity index (χ3n) is 2.87. The van der Waals surface area contributed by atoms with Crippen LogP contribution in [0.4, 0.5) is 11.6 Å². The molecule has 0 radical (unpaired) electrons. The number of fused-ring (bicyclic) bond motifs is 1. The predicted octanol–water partition coefficient (Wildman–Crippen LogP) is 0.555. The Hall–Kier alpha value is -1.36. The van der Waals surface area contributed by atoms with Gasteiger partial charge in [0.15, 0.2) is 0 Å². The normalized spacial score (nSPS) is 16.2. The molecule has 2 heterocycles. The summed E-state index contributed by atoms with van der Waals surface area (Å²) < 4.78 is 0. The highest BCUT2D eigenvalue weighted by Crippen LogP contribution is 2.31. The molecule has 5 nitrogen and oxygen atoms in total. The molecule has 0 aromatic carbocycles. The van der Waals surface area contributed by atoms with E-state index in [0.717, 1.165) is 30.4 Å². The van der Waals surface area contributed by atoms with Gasteiger partial charge in [0.05, 0.1) is 6.04 Å². The largest absolute Gasteiger partial charge is 0.362 e. The fourth-order valence-electron chi connectivity index (χ4n) is 1.98. The molecule has 0 saturated heterocycles. The number of anilines is 2. The minimum atomic E-state index is -0.127. The molecule has 1 aromatic rings. The molecule has 5 heteroatoms. The van der Waals surface area contributed by atoms with Crippen molar-refractivity contribution in [2.24, 2.45) is 5.73 Å². The third-order valence-corrected chi connectivity index (χ3v) is 2.87. The van der Waals surface area contributed by atoms with E-state index in [0.29, 0.717) is 0 Å². The van der Waals surface area contributed by atoms with Crippen LogP contribution in [0.15, 0.2) is 0 Å². The van der Waals surface area contributed by atoms with Gasteiger partial charge in [-0.1, -0.05) is 0 Å². The van der Waals surface area contributed by atoms with Crippen molar-refractivity contribution in [3.05, 3.63) is 11.4 Å². The van der Waals surface area contributed by atoms with Crippen molar-refractivity contribution in [3.8, 4) is 0 Å². The van der Waals surface area contributed by atoms with E-state index in [1.165, 1.54) is 5.56 Å². The summed E-state index contributed by atoms with van der Waals surface area (Å²) in [5.41, 5.74) is 7.09. The Bertz CT molecular complexity index is 400. The number of nitrogens with two attached hydrogens (primary N) is 1. The highest BCUT2D eigenvalue weighted by Gasteiger charge is 2.24. The van der Waals surface area contributed by atoms with Crippen LogP contribution in [0, 0.1) is 0 Å². The maximum absolute atomic E-state index is 5.86. The van der Waals surface area contributed by atoms with Crippen LogP contribution in [-0.2, 0) is 6.42 Å². The van der Waals surface area contributed by atoms with Gasteiger partial charge >= 0.3 is 0 Å². The van der Waals surface area contributed by atoms with E-state index < -0.39 is 0 Å². The lowest BCUT2D eigenvalue weighted by molar-refractivity contribution is 0.734. The first-order valence-corrected chi connectivity index (χ1v) is 5.55. The van der Waals surface area contributed by atoms with Gasteiger partial charge in [0.2, 0.25) is 0 Å². The van der Waals surface area contributed by atoms with Crippen molar-refractivity contribution in [2.75, 3.05) is 37.5 Å². The molecule has 1 aromatic heterocycles. The Labute approximate surface area is 96.3 Å². The molecule has 0 amide bonds. The van der Waals surface area contributed by atoms with Crippen LogP contribution in [0.5, 0.6) is 0 Å². The van der Waals surface area contributed by atoms with Crippen molar-refractivity contribution in [1.82, 2.24) is 9.97 Å². The van der Waals surface area contributed by atoms with Crippen LogP contribution < -0.4 is 15.5 Å². The van der Waals surface area contributed by atoms with Crippen LogP contribution in [0.25, 0.3) is 0 Å². The fourth-order valence-corrected chi connectivity index (χ4v) is 1.98. The second-order valence-electron chi connectivity index (χ2n) is 4.56. The van der Waals surface area contributed by atoms with Gasteiger partial charge in [0.25, 0.3) is 0 Å². The second kappa shape index (κ2) is 3.90. The van der Waals surface area contributed by atoms with Gasteiger partial charge in [0.1, 0.15) is 17.5 Å². The maximum atomic E-state index is 5.86. The van der Waals surface area contributed by atoms with Crippen molar-refractivity contribution >= 4 is 11.6 Å². The first kappa shape index (κ1) is 11.1.